The number of imide groups is 2. The minimum atomic E-state index is -0.945. The fourth-order valence-electron chi connectivity index (χ4n) is 1.33. The maximum atomic E-state index is 11.2. The summed E-state index contributed by atoms with van der Waals surface area (Å²) in [5.74, 6) is -1.17. The largest absolute Gasteiger partial charge is 0.328 e. The second kappa shape index (κ2) is 5.45. The summed E-state index contributed by atoms with van der Waals surface area (Å²) in [4.78, 5) is 33.2. The van der Waals surface area contributed by atoms with Gasteiger partial charge in [0.2, 0.25) is 0 Å². The molecule has 0 bridgehead atoms. The van der Waals surface area contributed by atoms with Gasteiger partial charge >= 0.3 is 6.03 Å². The molecule has 1 aliphatic rings. The second-order valence-corrected chi connectivity index (χ2v) is 3.40. The van der Waals surface area contributed by atoms with Crippen molar-refractivity contribution in [1.82, 2.24) is 16.0 Å². The quantitative estimate of drug-likeness (QED) is 0.424. The zero-order valence-corrected chi connectivity index (χ0v) is 8.63. The van der Waals surface area contributed by atoms with Gasteiger partial charge < -0.3 is 0 Å². The Morgan fingerprint density at radius 3 is 2.27 bits per heavy atom. The van der Waals surface area contributed by atoms with Crippen molar-refractivity contribution >= 4 is 17.8 Å². The highest BCUT2D eigenvalue weighted by Crippen LogP contribution is 1.95. The Bertz CT molecular complexity index is 258. The molecule has 1 saturated heterocycles. The lowest BCUT2D eigenvalue weighted by Gasteiger charge is -2.21. The van der Waals surface area contributed by atoms with Crippen LogP contribution < -0.4 is 16.0 Å². The molecule has 0 saturated carbocycles. The lowest BCUT2D eigenvalue weighted by atomic mass is 10.2. The molecule has 1 heterocycles. The molecule has 0 unspecified atom stereocenters. The zero-order valence-electron chi connectivity index (χ0n) is 8.63. The van der Waals surface area contributed by atoms with Crippen LogP contribution in [0.5, 0.6) is 0 Å². The molecular weight excluding hydrogens is 198 g/mol. The summed E-state index contributed by atoms with van der Waals surface area (Å²) in [7, 11) is 0. The predicted molar refractivity (Wildman–Crippen MR) is 53.0 cm³/mol. The van der Waals surface area contributed by atoms with Crippen LogP contribution in [0, 0.1) is 0 Å². The van der Waals surface area contributed by atoms with E-state index < -0.39 is 23.9 Å². The Morgan fingerprint density at radius 2 is 1.73 bits per heavy atom. The molecule has 0 aromatic carbocycles. The Balaban J connectivity index is 2.36. The Hall–Kier alpha value is -1.43. The van der Waals surface area contributed by atoms with Crippen LogP contribution in [0.2, 0.25) is 0 Å². The average molecular weight is 213 g/mol. The van der Waals surface area contributed by atoms with Gasteiger partial charge in [-0.05, 0) is 13.0 Å². The van der Waals surface area contributed by atoms with Gasteiger partial charge in [0.25, 0.3) is 11.8 Å². The molecule has 0 aliphatic carbocycles. The van der Waals surface area contributed by atoms with Gasteiger partial charge in [0.05, 0.1) is 0 Å². The molecular formula is C9H15N3O3. The number of nitrogens with one attached hydrogen (secondary N) is 3. The molecule has 0 spiro atoms. The minimum absolute atomic E-state index is 0.583. The number of amides is 4. The van der Waals surface area contributed by atoms with Crippen LogP contribution in [0.3, 0.4) is 0 Å². The molecule has 0 atom stereocenters. The molecule has 1 aliphatic heterocycles. The van der Waals surface area contributed by atoms with Gasteiger partial charge in [-0.3, -0.25) is 25.5 Å². The highest BCUT2D eigenvalue weighted by molar-refractivity contribution is 6.18. The minimum Gasteiger partial charge on any atom is -0.298 e. The van der Waals surface area contributed by atoms with E-state index >= 15 is 0 Å². The monoisotopic (exact) mass is 213 g/mol. The van der Waals surface area contributed by atoms with Crippen molar-refractivity contribution in [3.8, 4) is 0 Å². The van der Waals surface area contributed by atoms with Gasteiger partial charge in [0.1, 0.15) is 0 Å². The van der Waals surface area contributed by atoms with Crippen molar-refractivity contribution in [3.63, 3.8) is 0 Å². The number of carbonyl (C=O) groups is 3. The Labute approximate surface area is 87.8 Å². The maximum Gasteiger partial charge on any atom is 0.328 e. The molecule has 0 aromatic heterocycles. The third-order valence-electron chi connectivity index (χ3n) is 2.13. The van der Waals surface area contributed by atoms with E-state index in [9.17, 15) is 14.4 Å². The first-order valence-electron chi connectivity index (χ1n) is 5.04. The first-order chi connectivity index (χ1) is 7.15. The predicted octanol–water partition coefficient (Wildman–Crippen LogP) is -0.499. The number of unbranched alkanes of at least 4 members (excludes halogenated alkanes) is 2. The topological polar surface area (TPSA) is 87.3 Å². The highest BCUT2D eigenvalue weighted by atomic mass is 16.2. The molecule has 4 amide bonds. The summed E-state index contributed by atoms with van der Waals surface area (Å²) in [5.41, 5.74) is 0. The Morgan fingerprint density at radius 1 is 1.13 bits per heavy atom. The van der Waals surface area contributed by atoms with Gasteiger partial charge in [0, 0.05) is 0 Å². The highest BCUT2D eigenvalue weighted by Gasteiger charge is 2.33. The third-order valence-corrected chi connectivity index (χ3v) is 2.13. The van der Waals surface area contributed by atoms with E-state index in [1.165, 1.54) is 0 Å². The van der Waals surface area contributed by atoms with Crippen LogP contribution >= 0.6 is 0 Å². The summed E-state index contributed by atoms with van der Waals surface area (Å²) in [6.07, 6.45) is 3.02. The first-order valence-corrected chi connectivity index (χ1v) is 5.04. The average Bonchev–Trinajstić information content (AvgIpc) is 2.15. The molecule has 84 valence electrons. The summed E-state index contributed by atoms with van der Waals surface area (Å²) in [5, 5.41) is 6.86. The van der Waals surface area contributed by atoms with Crippen molar-refractivity contribution in [1.29, 1.82) is 0 Å². The van der Waals surface area contributed by atoms with Crippen molar-refractivity contribution in [2.75, 3.05) is 6.54 Å². The molecule has 6 nitrogen and oxygen atoms in total. The number of urea groups is 1. The normalized spacial score (nSPS) is 17.5. The summed E-state index contributed by atoms with van der Waals surface area (Å²) < 4.78 is 0. The molecule has 1 rings (SSSR count). The van der Waals surface area contributed by atoms with Crippen molar-refractivity contribution in [2.24, 2.45) is 0 Å². The number of rotatable bonds is 5. The SMILES string of the molecule is CCCCCNC1C(=O)NC(=O)NC1=O. The van der Waals surface area contributed by atoms with Gasteiger partial charge in [-0.25, -0.2) is 4.79 Å². The second-order valence-electron chi connectivity index (χ2n) is 3.40. The number of barbiturate groups is 1. The molecule has 0 radical (unpaired) electrons. The van der Waals surface area contributed by atoms with Crippen LogP contribution in [0.15, 0.2) is 0 Å². The lowest BCUT2D eigenvalue weighted by Crippen LogP contribution is -2.63. The van der Waals surface area contributed by atoms with Gasteiger partial charge in [-0.1, -0.05) is 19.8 Å². The van der Waals surface area contributed by atoms with Crippen molar-refractivity contribution < 1.29 is 14.4 Å². The van der Waals surface area contributed by atoms with Gasteiger partial charge in [-0.2, -0.15) is 0 Å². The van der Waals surface area contributed by atoms with E-state index in [1.807, 2.05) is 10.6 Å². The van der Waals surface area contributed by atoms with Crippen molar-refractivity contribution in [2.45, 2.75) is 32.2 Å². The summed E-state index contributed by atoms with van der Waals surface area (Å²) >= 11 is 0. The summed E-state index contributed by atoms with van der Waals surface area (Å²) in [6.45, 7) is 2.66. The van der Waals surface area contributed by atoms with Crippen LogP contribution in [-0.4, -0.2) is 30.4 Å². The smallest absolute Gasteiger partial charge is 0.298 e. The van der Waals surface area contributed by atoms with E-state index in [-0.39, 0.29) is 0 Å². The molecule has 1 fully saturated rings. The van der Waals surface area contributed by atoms with E-state index in [1.54, 1.807) is 0 Å². The third kappa shape index (κ3) is 3.32. The van der Waals surface area contributed by atoms with E-state index in [4.69, 9.17) is 0 Å². The molecule has 3 N–H and O–H groups in total. The van der Waals surface area contributed by atoms with Gasteiger partial charge in [0.15, 0.2) is 6.04 Å². The fourth-order valence-corrected chi connectivity index (χ4v) is 1.33. The molecule has 0 aromatic rings. The van der Waals surface area contributed by atoms with Crippen LogP contribution in [0.1, 0.15) is 26.2 Å². The number of hydrogen-bond acceptors (Lipinski definition) is 4. The van der Waals surface area contributed by atoms with Crippen LogP contribution in [-0.2, 0) is 9.59 Å². The zero-order chi connectivity index (χ0) is 11.3. The number of carbonyl (C=O) groups excluding carboxylic acids is 3. The summed E-state index contributed by atoms with van der Waals surface area (Å²) in [6, 6.07) is -1.70. The van der Waals surface area contributed by atoms with Gasteiger partial charge in [-0.15, -0.1) is 0 Å². The van der Waals surface area contributed by atoms with E-state index in [0.29, 0.717) is 6.54 Å². The number of hydrogen-bond donors (Lipinski definition) is 3. The van der Waals surface area contributed by atoms with E-state index in [2.05, 4.69) is 12.2 Å². The fraction of sp³-hybridized carbons (Fsp3) is 0.667. The first kappa shape index (κ1) is 11.6. The maximum absolute atomic E-state index is 11.2. The van der Waals surface area contributed by atoms with Crippen LogP contribution in [0.4, 0.5) is 4.79 Å². The van der Waals surface area contributed by atoms with Crippen molar-refractivity contribution in [3.05, 3.63) is 0 Å². The lowest BCUT2D eigenvalue weighted by molar-refractivity contribution is -0.133. The van der Waals surface area contributed by atoms with Crippen LogP contribution in [0.25, 0.3) is 0 Å². The molecule has 15 heavy (non-hydrogen) atoms. The van der Waals surface area contributed by atoms with E-state index in [0.717, 1.165) is 19.3 Å². The Kier molecular flexibility index (Phi) is 4.23. The standard InChI is InChI=1S/C9H15N3O3/c1-2-3-4-5-10-6-7(13)11-9(15)12-8(6)14/h6,10H,2-5H2,1H3,(H2,11,12,13,14,15). The molecule has 6 heteroatoms.